The molecule has 1 aromatic heterocycles. The van der Waals surface area contributed by atoms with E-state index in [9.17, 15) is 9.59 Å². The van der Waals surface area contributed by atoms with Crippen LogP contribution in [-0.2, 0) is 4.79 Å². The Balaban J connectivity index is 1.87. The van der Waals surface area contributed by atoms with Gasteiger partial charge in [0, 0.05) is 19.6 Å². The summed E-state index contributed by atoms with van der Waals surface area (Å²) in [6, 6.07) is 3.37. The first-order chi connectivity index (χ1) is 10.7. The van der Waals surface area contributed by atoms with Crippen molar-refractivity contribution >= 4 is 23.2 Å². The summed E-state index contributed by atoms with van der Waals surface area (Å²) in [6.07, 6.45) is 1.65. The quantitative estimate of drug-likeness (QED) is 0.833. The summed E-state index contributed by atoms with van der Waals surface area (Å²) in [5, 5.41) is 4.87. The lowest BCUT2D eigenvalue weighted by Crippen LogP contribution is -2.47. The van der Waals surface area contributed by atoms with E-state index in [4.69, 9.17) is 0 Å². The van der Waals surface area contributed by atoms with Gasteiger partial charge in [0.05, 0.1) is 4.88 Å². The lowest BCUT2D eigenvalue weighted by molar-refractivity contribution is -0.124. The van der Waals surface area contributed by atoms with Crippen LogP contribution in [0.5, 0.6) is 0 Å². The van der Waals surface area contributed by atoms with E-state index in [1.165, 1.54) is 11.3 Å². The van der Waals surface area contributed by atoms with E-state index in [0.29, 0.717) is 18.0 Å². The lowest BCUT2D eigenvalue weighted by Gasteiger charge is -2.24. The molecule has 1 N–H and O–H groups in total. The van der Waals surface area contributed by atoms with Crippen LogP contribution >= 0.6 is 11.3 Å². The van der Waals surface area contributed by atoms with E-state index < -0.39 is 0 Å². The third-order valence-electron chi connectivity index (χ3n) is 4.17. The molecule has 1 fully saturated rings. The molecule has 1 aromatic rings. The van der Waals surface area contributed by atoms with Crippen LogP contribution in [0, 0.1) is 0 Å². The Hall–Kier alpha value is -1.40. The van der Waals surface area contributed by atoms with E-state index >= 15 is 0 Å². The second-order valence-electron chi connectivity index (χ2n) is 5.45. The van der Waals surface area contributed by atoms with Crippen molar-refractivity contribution in [1.29, 1.82) is 0 Å². The van der Waals surface area contributed by atoms with Crippen LogP contribution in [0.2, 0.25) is 0 Å². The van der Waals surface area contributed by atoms with Crippen molar-refractivity contribution < 1.29 is 9.59 Å². The normalized spacial score (nSPS) is 18.0. The first kappa shape index (κ1) is 17.0. The molecule has 1 atom stereocenters. The van der Waals surface area contributed by atoms with Crippen molar-refractivity contribution in [2.45, 2.75) is 32.7 Å². The SMILES string of the molecule is CCN(CC)CCNC(=O)C1CCCN1C(=O)c1cccs1. The molecular weight excluding hydrogens is 298 g/mol. The van der Waals surface area contributed by atoms with Crippen molar-refractivity contribution in [3.05, 3.63) is 22.4 Å². The number of nitrogens with zero attached hydrogens (tertiary/aromatic N) is 2. The Labute approximate surface area is 136 Å². The van der Waals surface area contributed by atoms with E-state index in [0.717, 1.165) is 32.5 Å². The number of nitrogens with one attached hydrogen (secondary N) is 1. The van der Waals surface area contributed by atoms with Gasteiger partial charge in [-0.15, -0.1) is 11.3 Å². The molecular formula is C16H25N3O2S. The van der Waals surface area contributed by atoms with Gasteiger partial charge in [0.25, 0.3) is 5.91 Å². The zero-order valence-corrected chi connectivity index (χ0v) is 14.2. The summed E-state index contributed by atoms with van der Waals surface area (Å²) >= 11 is 1.43. The van der Waals surface area contributed by atoms with Gasteiger partial charge in [-0.3, -0.25) is 9.59 Å². The summed E-state index contributed by atoms with van der Waals surface area (Å²) in [6.45, 7) is 8.36. The predicted molar refractivity (Wildman–Crippen MR) is 89.2 cm³/mol. The Morgan fingerprint density at radius 2 is 2.18 bits per heavy atom. The minimum atomic E-state index is -0.314. The third kappa shape index (κ3) is 4.08. The number of hydrogen-bond acceptors (Lipinski definition) is 4. The summed E-state index contributed by atoms with van der Waals surface area (Å²) in [4.78, 5) is 29.5. The zero-order valence-electron chi connectivity index (χ0n) is 13.4. The molecule has 0 saturated carbocycles. The molecule has 1 aliphatic rings. The molecule has 0 radical (unpaired) electrons. The largest absolute Gasteiger partial charge is 0.353 e. The molecule has 0 aromatic carbocycles. The van der Waals surface area contributed by atoms with Gasteiger partial charge in [-0.2, -0.15) is 0 Å². The van der Waals surface area contributed by atoms with Gasteiger partial charge in [0.1, 0.15) is 6.04 Å². The molecule has 0 aliphatic carbocycles. The molecule has 0 bridgehead atoms. The lowest BCUT2D eigenvalue weighted by atomic mass is 10.2. The minimum Gasteiger partial charge on any atom is -0.353 e. The third-order valence-corrected chi connectivity index (χ3v) is 5.03. The van der Waals surface area contributed by atoms with Gasteiger partial charge in [-0.25, -0.2) is 0 Å². The molecule has 22 heavy (non-hydrogen) atoms. The van der Waals surface area contributed by atoms with Crippen molar-refractivity contribution in [3.63, 3.8) is 0 Å². The number of hydrogen-bond donors (Lipinski definition) is 1. The molecule has 0 spiro atoms. The number of likely N-dealkylation sites (N-methyl/N-ethyl adjacent to an activating group) is 1. The zero-order chi connectivity index (χ0) is 15.9. The van der Waals surface area contributed by atoms with E-state index in [-0.39, 0.29) is 17.9 Å². The average molecular weight is 323 g/mol. The fourth-order valence-electron chi connectivity index (χ4n) is 2.82. The standard InChI is InChI=1S/C16H25N3O2S/c1-3-18(4-2)11-9-17-15(20)13-7-5-10-19(13)16(21)14-8-6-12-22-14/h6,8,12-13H,3-5,7,9-11H2,1-2H3,(H,17,20). The minimum absolute atomic E-state index is 0.0172. The highest BCUT2D eigenvalue weighted by molar-refractivity contribution is 7.12. The Morgan fingerprint density at radius 1 is 1.41 bits per heavy atom. The number of carbonyl (C=O) groups is 2. The fraction of sp³-hybridized carbons (Fsp3) is 0.625. The van der Waals surface area contributed by atoms with E-state index in [2.05, 4.69) is 24.1 Å². The number of likely N-dealkylation sites (tertiary alicyclic amines) is 1. The summed E-state index contributed by atoms with van der Waals surface area (Å²) < 4.78 is 0. The van der Waals surface area contributed by atoms with Crippen LogP contribution in [0.1, 0.15) is 36.4 Å². The van der Waals surface area contributed by atoms with Gasteiger partial charge in [0.2, 0.25) is 5.91 Å². The molecule has 6 heteroatoms. The molecule has 122 valence electrons. The van der Waals surface area contributed by atoms with Crippen LogP contribution < -0.4 is 5.32 Å². The van der Waals surface area contributed by atoms with Gasteiger partial charge in [-0.05, 0) is 37.4 Å². The van der Waals surface area contributed by atoms with Crippen LogP contribution in [0.3, 0.4) is 0 Å². The van der Waals surface area contributed by atoms with Gasteiger partial charge >= 0.3 is 0 Å². The fourth-order valence-corrected chi connectivity index (χ4v) is 3.50. The van der Waals surface area contributed by atoms with Crippen molar-refractivity contribution in [3.8, 4) is 0 Å². The highest BCUT2D eigenvalue weighted by Crippen LogP contribution is 2.22. The molecule has 1 saturated heterocycles. The Kier molecular flexibility index (Phi) is 6.39. The van der Waals surface area contributed by atoms with E-state index in [1.807, 2.05) is 17.5 Å². The van der Waals surface area contributed by atoms with Crippen molar-refractivity contribution in [2.24, 2.45) is 0 Å². The number of rotatable bonds is 7. The topological polar surface area (TPSA) is 52.7 Å². The average Bonchev–Trinajstić information content (AvgIpc) is 3.22. The molecule has 1 unspecified atom stereocenters. The number of carbonyl (C=O) groups excluding carboxylic acids is 2. The molecule has 1 aliphatic heterocycles. The van der Waals surface area contributed by atoms with Crippen molar-refractivity contribution in [2.75, 3.05) is 32.7 Å². The van der Waals surface area contributed by atoms with Gasteiger partial charge in [0.15, 0.2) is 0 Å². The maximum atomic E-state index is 12.4. The van der Waals surface area contributed by atoms with Crippen LogP contribution in [-0.4, -0.2) is 60.4 Å². The number of amides is 2. The first-order valence-electron chi connectivity index (χ1n) is 8.01. The Morgan fingerprint density at radius 3 is 2.82 bits per heavy atom. The Bertz CT molecular complexity index is 486. The second kappa shape index (κ2) is 8.29. The summed E-state index contributed by atoms with van der Waals surface area (Å²) in [7, 11) is 0. The summed E-state index contributed by atoms with van der Waals surface area (Å²) in [5.41, 5.74) is 0. The molecule has 2 heterocycles. The van der Waals surface area contributed by atoms with Crippen LogP contribution in [0.25, 0.3) is 0 Å². The smallest absolute Gasteiger partial charge is 0.264 e. The van der Waals surface area contributed by atoms with Gasteiger partial charge < -0.3 is 15.1 Å². The maximum Gasteiger partial charge on any atom is 0.264 e. The molecule has 2 rings (SSSR count). The first-order valence-corrected chi connectivity index (χ1v) is 8.89. The van der Waals surface area contributed by atoms with E-state index in [1.54, 1.807) is 4.90 Å². The predicted octanol–water partition coefficient (Wildman–Crippen LogP) is 1.81. The molecule has 5 nitrogen and oxygen atoms in total. The van der Waals surface area contributed by atoms with Crippen LogP contribution in [0.15, 0.2) is 17.5 Å². The highest BCUT2D eigenvalue weighted by Gasteiger charge is 2.34. The maximum absolute atomic E-state index is 12.4. The number of thiophene rings is 1. The second-order valence-corrected chi connectivity index (χ2v) is 6.40. The van der Waals surface area contributed by atoms with Crippen molar-refractivity contribution in [1.82, 2.24) is 15.1 Å². The monoisotopic (exact) mass is 323 g/mol. The van der Waals surface area contributed by atoms with Gasteiger partial charge in [-0.1, -0.05) is 19.9 Å². The summed E-state index contributed by atoms with van der Waals surface area (Å²) in [5.74, 6) is -0.0362. The highest BCUT2D eigenvalue weighted by atomic mass is 32.1. The molecule has 2 amide bonds. The van der Waals surface area contributed by atoms with Crippen LogP contribution in [0.4, 0.5) is 0 Å².